The molecule has 0 fully saturated rings. The first-order valence-corrected chi connectivity index (χ1v) is 7.66. The molecule has 2 amide bonds. The second-order valence-corrected chi connectivity index (χ2v) is 6.49. The van der Waals surface area contributed by atoms with Crippen LogP contribution in [0.1, 0.15) is 31.9 Å². The lowest BCUT2D eigenvalue weighted by Gasteiger charge is -2.23. The van der Waals surface area contributed by atoms with Crippen molar-refractivity contribution in [1.29, 1.82) is 0 Å². The lowest BCUT2D eigenvalue weighted by atomic mass is 9.86. The van der Waals surface area contributed by atoms with E-state index in [0.29, 0.717) is 23.5 Å². The number of aromatic nitrogens is 1. The molecule has 0 bridgehead atoms. The van der Waals surface area contributed by atoms with Crippen LogP contribution in [0, 0.1) is 0 Å². The summed E-state index contributed by atoms with van der Waals surface area (Å²) in [6.45, 7) is 6.28. The summed E-state index contributed by atoms with van der Waals surface area (Å²) in [6.07, 6.45) is 3.35. The van der Waals surface area contributed by atoms with Crippen molar-refractivity contribution in [3.05, 3.63) is 47.8 Å². The molecule has 0 saturated carbocycles. The Morgan fingerprint density at radius 1 is 1.32 bits per heavy atom. The van der Waals surface area contributed by atoms with E-state index in [1.165, 1.54) is 0 Å². The first-order chi connectivity index (χ1) is 11.3. The van der Waals surface area contributed by atoms with Gasteiger partial charge in [0.1, 0.15) is 11.5 Å². The largest absolute Gasteiger partial charge is 0.505 e. The molecule has 2 rings (SSSR count). The molecule has 3 N–H and O–H groups in total. The number of ether oxygens (including phenoxy) is 1. The molecule has 0 radical (unpaired) electrons. The van der Waals surface area contributed by atoms with E-state index in [9.17, 15) is 9.90 Å². The number of carbonyl (C=O) groups is 1. The molecule has 0 atom stereocenters. The summed E-state index contributed by atoms with van der Waals surface area (Å²) in [5, 5.41) is 15.9. The standard InChI is InChI=1S/C18H23N3O3.ClH/c1-18(2,3)14-8-13(24-4)9-15(16(14)22)21-17(23)20-11-12-6-5-7-19-10-12;/h5-10,22H,11H2,1-4H3,(H2,20,21,23);1H. The topological polar surface area (TPSA) is 83.5 Å². The lowest BCUT2D eigenvalue weighted by Crippen LogP contribution is -2.28. The number of rotatable bonds is 4. The third kappa shape index (κ3) is 5.53. The molecule has 136 valence electrons. The van der Waals surface area contributed by atoms with Crippen molar-refractivity contribution in [2.24, 2.45) is 0 Å². The average molecular weight is 366 g/mol. The highest BCUT2D eigenvalue weighted by Gasteiger charge is 2.22. The van der Waals surface area contributed by atoms with Crippen LogP contribution >= 0.6 is 12.4 Å². The molecule has 0 saturated heterocycles. The maximum Gasteiger partial charge on any atom is 0.319 e. The van der Waals surface area contributed by atoms with E-state index in [2.05, 4.69) is 15.6 Å². The summed E-state index contributed by atoms with van der Waals surface area (Å²) in [5.41, 5.74) is 1.60. The predicted octanol–water partition coefficient (Wildman–Crippen LogP) is 3.84. The minimum atomic E-state index is -0.415. The molecule has 25 heavy (non-hydrogen) atoms. The van der Waals surface area contributed by atoms with Crippen LogP contribution in [0.25, 0.3) is 0 Å². The summed E-state index contributed by atoms with van der Waals surface area (Å²) in [6, 6.07) is 6.62. The van der Waals surface area contributed by atoms with Crippen molar-refractivity contribution < 1.29 is 14.6 Å². The Morgan fingerprint density at radius 3 is 2.60 bits per heavy atom. The number of nitrogens with one attached hydrogen (secondary N) is 2. The van der Waals surface area contributed by atoms with Gasteiger partial charge in [0.15, 0.2) is 0 Å². The normalized spacial score (nSPS) is 10.6. The van der Waals surface area contributed by atoms with Gasteiger partial charge in [-0.3, -0.25) is 4.98 Å². The number of anilines is 1. The zero-order valence-electron chi connectivity index (χ0n) is 14.8. The fourth-order valence-electron chi connectivity index (χ4n) is 2.24. The van der Waals surface area contributed by atoms with Crippen LogP contribution in [0.2, 0.25) is 0 Å². The Morgan fingerprint density at radius 2 is 2.04 bits per heavy atom. The van der Waals surface area contributed by atoms with Crippen molar-refractivity contribution >= 4 is 24.1 Å². The number of amides is 2. The molecule has 0 spiro atoms. The van der Waals surface area contributed by atoms with E-state index < -0.39 is 6.03 Å². The summed E-state index contributed by atoms with van der Waals surface area (Å²) in [4.78, 5) is 16.1. The number of methoxy groups -OCH3 is 1. The molecule has 1 heterocycles. The van der Waals surface area contributed by atoms with Crippen molar-refractivity contribution in [2.45, 2.75) is 32.7 Å². The number of phenols is 1. The molecule has 6 nitrogen and oxygen atoms in total. The maximum absolute atomic E-state index is 12.1. The zero-order chi connectivity index (χ0) is 17.7. The van der Waals surface area contributed by atoms with Gasteiger partial charge in [0.2, 0.25) is 0 Å². The van der Waals surface area contributed by atoms with Gasteiger partial charge in [-0.25, -0.2) is 4.79 Å². The maximum atomic E-state index is 12.1. The van der Waals surface area contributed by atoms with Crippen LogP contribution in [-0.4, -0.2) is 23.2 Å². The second-order valence-electron chi connectivity index (χ2n) is 6.49. The van der Waals surface area contributed by atoms with Crippen molar-refractivity contribution in [3.8, 4) is 11.5 Å². The van der Waals surface area contributed by atoms with Gasteiger partial charge in [0.25, 0.3) is 0 Å². The fourth-order valence-corrected chi connectivity index (χ4v) is 2.24. The number of pyridine rings is 1. The number of benzene rings is 1. The lowest BCUT2D eigenvalue weighted by molar-refractivity contribution is 0.251. The number of carbonyl (C=O) groups excluding carboxylic acids is 1. The number of hydrogen-bond donors (Lipinski definition) is 3. The number of halogens is 1. The molecule has 2 aromatic rings. The van der Waals surface area contributed by atoms with Gasteiger partial charge in [-0.2, -0.15) is 0 Å². The van der Waals surface area contributed by atoms with Gasteiger partial charge in [-0.05, 0) is 23.1 Å². The number of aromatic hydroxyl groups is 1. The summed E-state index contributed by atoms with van der Waals surface area (Å²) < 4.78 is 5.27. The third-order valence-electron chi connectivity index (χ3n) is 3.55. The fraction of sp³-hybridized carbons (Fsp3) is 0.333. The van der Waals surface area contributed by atoms with Gasteiger partial charge in [0.05, 0.1) is 12.8 Å². The van der Waals surface area contributed by atoms with Gasteiger partial charge in [0, 0.05) is 30.6 Å². The van der Waals surface area contributed by atoms with Crippen LogP contribution in [-0.2, 0) is 12.0 Å². The molecule has 1 aromatic heterocycles. The Bertz CT molecular complexity index is 715. The Hall–Kier alpha value is -2.47. The Balaban J connectivity index is 0.00000312. The first kappa shape index (κ1) is 20.6. The predicted molar refractivity (Wildman–Crippen MR) is 101 cm³/mol. The second kappa shape index (κ2) is 8.58. The zero-order valence-corrected chi connectivity index (χ0v) is 15.6. The molecule has 7 heteroatoms. The minimum Gasteiger partial charge on any atom is -0.505 e. The third-order valence-corrected chi connectivity index (χ3v) is 3.55. The van der Waals surface area contributed by atoms with E-state index in [0.717, 1.165) is 5.56 Å². The molecule has 0 unspecified atom stereocenters. The summed E-state index contributed by atoms with van der Waals surface area (Å²) in [7, 11) is 1.55. The first-order valence-electron chi connectivity index (χ1n) is 7.66. The van der Waals surface area contributed by atoms with E-state index in [1.54, 1.807) is 37.7 Å². The summed E-state index contributed by atoms with van der Waals surface area (Å²) in [5.74, 6) is 0.611. The number of hydrogen-bond acceptors (Lipinski definition) is 4. The molecule has 1 aromatic carbocycles. The molecular weight excluding hydrogens is 342 g/mol. The Labute approximate surface area is 154 Å². The quantitative estimate of drug-likeness (QED) is 0.719. The van der Waals surface area contributed by atoms with E-state index in [4.69, 9.17) is 4.74 Å². The number of nitrogens with zero attached hydrogens (tertiary/aromatic N) is 1. The highest BCUT2D eigenvalue weighted by Crippen LogP contribution is 2.39. The van der Waals surface area contributed by atoms with Crippen LogP contribution in [0.4, 0.5) is 10.5 Å². The van der Waals surface area contributed by atoms with Crippen LogP contribution in [0.15, 0.2) is 36.7 Å². The van der Waals surface area contributed by atoms with Gasteiger partial charge < -0.3 is 20.5 Å². The molecule has 0 aliphatic carbocycles. The Kier molecular flexibility index (Phi) is 7.06. The van der Waals surface area contributed by atoms with E-state index >= 15 is 0 Å². The smallest absolute Gasteiger partial charge is 0.319 e. The molecule has 0 aliphatic rings. The SMILES string of the molecule is COc1cc(NC(=O)NCc2cccnc2)c(O)c(C(C)(C)C)c1.Cl. The van der Waals surface area contributed by atoms with Crippen molar-refractivity contribution in [1.82, 2.24) is 10.3 Å². The van der Waals surface area contributed by atoms with Gasteiger partial charge >= 0.3 is 6.03 Å². The van der Waals surface area contributed by atoms with Crippen molar-refractivity contribution in [2.75, 3.05) is 12.4 Å². The molecule has 0 aliphatic heterocycles. The van der Waals surface area contributed by atoms with Crippen LogP contribution < -0.4 is 15.4 Å². The minimum absolute atomic E-state index is 0. The van der Waals surface area contributed by atoms with Gasteiger partial charge in [-0.1, -0.05) is 26.8 Å². The van der Waals surface area contributed by atoms with Gasteiger partial charge in [-0.15, -0.1) is 12.4 Å². The average Bonchev–Trinajstić information content (AvgIpc) is 2.54. The highest BCUT2D eigenvalue weighted by atomic mass is 35.5. The number of phenolic OH excluding ortho intramolecular Hbond substituents is 1. The van der Waals surface area contributed by atoms with E-state index in [-0.39, 0.29) is 23.6 Å². The number of urea groups is 1. The molecular formula is C18H24ClN3O3. The summed E-state index contributed by atoms with van der Waals surface area (Å²) >= 11 is 0. The van der Waals surface area contributed by atoms with Crippen LogP contribution in [0.3, 0.4) is 0 Å². The van der Waals surface area contributed by atoms with Crippen LogP contribution in [0.5, 0.6) is 11.5 Å². The van der Waals surface area contributed by atoms with E-state index in [1.807, 2.05) is 26.8 Å². The monoisotopic (exact) mass is 365 g/mol. The highest BCUT2D eigenvalue weighted by molar-refractivity contribution is 5.91. The van der Waals surface area contributed by atoms with Crippen molar-refractivity contribution in [3.63, 3.8) is 0 Å².